The Morgan fingerprint density at radius 3 is 2.73 bits per heavy atom. The number of nitrogens with zero attached hydrogens (tertiary/aromatic N) is 4. The van der Waals surface area contributed by atoms with Gasteiger partial charge >= 0.3 is 0 Å². The smallest absolute Gasteiger partial charge is 0.255 e. The van der Waals surface area contributed by atoms with E-state index in [0.717, 1.165) is 33.2 Å². The predicted octanol–water partition coefficient (Wildman–Crippen LogP) is 4.99. The number of nitrogens with one attached hydrogen (secondary N) is 2. The molecule has 0 atom stereocenters. The van der Waals surface area contributed by atoms with Gasteiger partial charge in [-0.25, -0.2) is 15.0 Å². The van der Waals surface area contributed by atoms with Gasteiger partial charge in [0, 0.05) is 40.5 Å². The zero-order valence-corrected chi connectivity index (χ0v) is 18.9. The number of imidazole rings is 1. The van der Waals surface area contributed by atoms with Gasteiger partial charge in [0.2, 0.25) is 5.88 Å². The Morgan fingerprint density at radius 1 is 1.09 bits per heavy atom. The predicted molar refractivity (Wildman–Crippen MR) is 129 cm³/mol. The van der Waals surface area contributed by atoms with Crippen molar-refractivity contribution in [2.24, 2.45) is 0 Å². The number of fused-ring (bicyclic) bond motifs is 2. The molecule has 4 aromatic heterocycles. The highest BCUT2D eigenvalue weighted by atomic mass is 16.5. The highest BCUT2D eigenvalue weighted by Crippen LogP contribution is 2.32. The number of rotatable bonds is 4. The van der Waals surface area contributed by atoms with E-state index in [1.807, 2.05) is 24.7 Å². The summed E-state index contributed by atoms with van der Waals surface area (Å²) in [4.78, 5) is 29.0. The average molecular weight is 441 g/mol. The molecule has 8 nitrogen and oxygen atoms in total. The van der Waals surface area contributed by atoms with Crippen LogP contribution in [0.15, 0.2) is 61.3 Å². The first-order chi connectivity index (χ1) is 15.8. The van der Waals surface area contributed by atoms with Crippen molar-refractivity contribution in [3.8, 4) is 17.0 Å². The van der Waals surface area contributed by atoms with Gasteiger partial charge in [0.05, 0.1) is 36.4 Å². The summed E-state index contributed by atoms with van der Waals surface area (Å²) in [6, 6.07) is 11.4. The number of carbonyl (C=O) groups excluding carboxylic acids is 1. The molecule has 0 saturated carbocycles. The topological polar surface area (TPSA) is 97.7 Å². The minimum atomic E-state index is -0.260. The largest absolute Gasteiger partial charge is 0.481 e. The molecule has 0 bridgehead atoms. The molecule has 0 radical (unpaired) electrons. The van der Waals surface area contributed by atoms with Crippen molar-refractivity contribution in [1.82, 2.24) is 24.5 Å². The van der Waals surface area contributed by atoms with E-state index < -0.39 is 0 Å². The lowest BCUT2D eigenvalue weighted by Gasteiger charge is -2.21. The number of amides is 1. The quantitative estimate of drug-likeness (QED) is 0.410. The van der Waals surface area contributed by atoms with E-state index >= 15 is 0 Å². The maximum absolute atomic E-state index is 12.7. The molecular weight excluding hydrogens is 416 g/mol. The molecule has 4 heterocycles. The Morgan fingerprint density at radius 2 is 1.94 bits per heavy atom. The molecule has 2 N–H and O–H groups in total. The zero-order chi connectivity index (χ0) is 23.2. The second-order valence-corrected chi connectivity index (χ2v) is 8.85. The van der Waals surface area contributed by atoms with Crippen LogP contribution in [0, 0.1) is 0 Å². The highest BCUT2D eigenvalue weighted by Gasteiger charge is 2.17. The molecule has 0 aliphatic rings. The van der Waals surface area contributed by atoms with Gasteiger partial charge in [0.1, 0.15) is 5.65 Å². The number of hydrogen-bond acceptors (Lipinski definition) is 5. The summed E-state index contributed by atoms with van der Waals surface area (Å²) in [6.45, 7) is 6.47. The van der Waals surface area contributed by atoms with Crippen molar-refractivity contribution < 1.29 is 9.53 Å². The van der Waals surface area contributed by atoms with E-state index in [4.69, 9.17) is 4.74 Å². The van der Waals surface area contributed by atoms with Crippen LogP contribution in [-0.4, -0.2) is 37.5 Å². The van der Waals surface area contributed by atoms with Crippen molar-refractivity contribution in [3.05, 3.63) is 66.9 Å². The van der Waals surface area contributed by atoms with Crippen LogP contribution in [0.4, 0.5) is 5.69 Å². The molecular formula is C25H24N6O2. The number of methoxy groups -OCH3 is 1. The third-order valence-corrected chi connectivity index (χ3v) is 5.58. The molecule has 0 saturated heterocycles. The second kappa shape index (κ2) is 7.74. The van der Waals surface area contributed by atoms with Crippen LogP contribution in [0.1, 0.15) is 31.1 Å². The van der Waals surface area contributed by atoms with Gasteiger partial charge in [-0.3, -0.25) is 4.79 Å². The normalized spacial score (nSPS) is 11.8. The summed E-state index contributed by atoms with van der Waals surface area (Å²) in [6.07, 6.45) is 7.00. The molecule has 1 amide bonds. The van der Waals surface area contributed by atoms with Crippen molar-refractivity contribution in [2.75, 3.05) is 12.4 Å². The number of pyridine rings is 2. The van der Waals surface area contributed by atoms with Gasteiger partial charge in [-0.15, -0.1) is 0 Å². The van der Waals surface area contributed by atoms with Crippen molar-refractivity contribution in [1.29, 1.82) is 0 Å². The fraction of sp³-hybridized carbons (Fsp3) is 0.200. The average Bonchev–Trinajstić information content (AvgIpc) is 3.42. The molecule has 5 rings (SSSR count). The number of benzene rings is 1. The molecule has 8 heteroatoms. The first kappa shape index (κ1) is 20.7. The fourth-order valence-corrected chi connectivity index (χ4v) is 3.89. The van der Waals surface area contributed by atoms with Gasteiger partial charge in [-0.05, 0) is 50.6 Å². The van der Waals surface area contributed by atoms with Crippen LogP contribution in [0.5, 0.6) is 5.88 Å². The van der Waals surface area contributed by atoms with E-state index in [1.54, 1.807) is 18.3 Å². The van der Waals surface area contributed by atoms with E-state index in [0.29, 0.717) is 17.1 Å². The number of anilines is 1. The molecule has 33 heavy (non-hydrogen) atoms. The van der Waals surface area contributed by atoms with Crippen LogP contribution < -0.4 is 10.1 Å². The van der Waals surface area contributed by atoms with E-state index in [2.05, 4.69) is 62.7 Å². The summed E-state index contributed by atoms with van der Waals surface area (Å²) >= 11 is 0. The molecule has 0 aliphatic heterocycles. The summed E-state index contributed by atoms with van der Waals surface area (Å²) < 4.78 is 7.28. The number of ether oxygens (including phenoxy) is 1. The molecule has 0 aliphatic carbocycles. The lowest BCUT2D eigenvalue weighted by Crippen LogP contribution is -2.20. The zero-order valence-electron chi connectivity index (χ0n) is 18.9. The Hall–Kier alpha value is -4.20. The van der Waals surface area contributed by atoms with Crippen LogP contribution in [0.2, 0.25) is 0 Å². The third-order valence-electron chi connectivity index (χ3n) is 5.58. The number of H-pyrrole nitrogens is 1. The minimum absolute atomic E-state index is 0.0811. The number of hydrogen-bond donors (Lipinski definition) is 2. The number of aromatic amines is 1. The molecule has 0 fully saturated rings. The monoisotopic (exact) mass is 440 g/mol. The highest BCUT2D eigenvalue weighted by molar-refractivity contribution is 6.06. The Balaban J connectivity index is 1.52. The van der Waals surface area contributed by atoms with Crippen LogP contribution >= 0.6 is 0 Å². The van der Waals surface area contributed by atoms with Crippen molar-refractivity contribution in [3.63, 3.8) is 0 Å². The molecule has 5 aromatic rings. The summed E-state index contributed by atoms with van der Waals surface area (Å²) in [7, 11) is 1.51. The molecule has 166 valence electrons. The van der Waals surface area contributed by atoms with Gasteiger partial charge in [-0.2, -0.15) is 0 Å². The molecule has 0 unspecified atom stereocenters. The SMILES string of the molecule is COc1cc(C(=O)Nc2cnc3[nH]cc(-c4ccc5ncn(C(C)(C)C)c5c4)c3c2)ccn1. The Kier molecular flexibility index (Phi) is 4.85. The number of carbonyl (C=O) groups is 1. The maximum atomic E-state index is 12.7. The maximum Gasteiger partial charge on any atom is 0.255 e. The first-order valence-corrected chi connectivity index (χ1v) is 10.6. The summed E-state index contributed by atoms with van der Waals surface area (Å²) in [5.41, 5.74) is 5.79. The second-order valence-electron chi connectivity index (χ2n) is 8.85. The van der Waals surface area contributed by atoms with Crippen molar-refractivity contribution >= 4 is 33.7 Å². The Labute approximate surface area is 190 Å². The fourth-order valence-electron chi connectivity index (χ4n) is 3.89. The Bertz CT molecular complexity index is 1490. The van der Waals surface area contributed by atoms with Crippen LogP contribution in [0.25, 0.3) is 33.2 Å². The van der Waals surface area contributed by atoms with Crippen LogP contribution in [0.3, 0.4) is 0 Å². The summed E-state index contributed by atoms with van der Waals surface area (Å²) in [5.74, 6) is 0.124. The van der Waals surface area contributed by atoms with Crippen molar-refractivity contribution in [2.45, 2.75) is 26.3 Å². The van der Waals surface area contributed by atoms with Gasteiger partial charge < -0.3 is 19.6 Å². The minimum Gasteiger partial charge on any atom is -0.481 e. The standard InChI is InChI=1S/C25H24N6O2/c1-25(2,3)31-14-29-20-6-5-15(9-21(20)31)19-13-28-23-18(19)11-17(12-27-23)30-24(32)16-7-8-26-22(10-16)33-4/h5-14H,1-4H3,(H,27,28)(H,30,32). The number of aromatic nitrogens is 5. The van der Waals surface area contributed by atoms with Gasteiger partial charge in [-0.1, -0.05) is 6.07 Å². The van der Waals surface area contributed by atoms with Gasteiger partial charge in [0.25, 0.3) is 5.91 Å². The first-order valence-electron chi connectivity index (χ1n) is 10.6. The molecule has 1 aromatic carbocycles. The van der Waals surface area contributed by atoms with Crippen LogP contribution in [-0.2, 0) is 5.54 Å². The van der Waals surface area contributed by atoms with E-state index in [9.17, 15) is 4.79 Å². The van der Waals surface area contributed by atoms with E-state index in [1.165, 1.54) is 13.3 Å². The summed E-state index contributed by atoms with van der Waals surface area (Å²) in [5, 5.41) is 3.83. The molecule has 0 spiro atoms. The van der Waals surface area contributed by atoms with E-state index in [-0.39, 0.29) is 11.4 Å². The van der Waals surface area contributed by atoms with Gasteiger partial charge in [0.15, 0.2) is 0 Å². The third kappa shape index (κ3) is 3.80. The lowest BCUT2D eigenvalue weighted by molar-refractivity contribution is 0.102. The lowest BCUT2D eigenvalue weighted by atomic mass is 10.0.